The van der Waals surface area contributed by atoms with Crippen molar-refractivity contribution in [2.24, 2.45) is 0 Å². The molecule has 42 nitrogen and oxygen atoms in total. The number of rotatable bonds is 76. The van der Waals surface area contributed by atoms with Gasteiger partial charge in [-0.3, -0.25) is 61.2 Å². The molecule has 3 aromatic carbocycles. The van der Waals surface area contributed by atoms with Gasteiger partial charge in [-0.1, -0.05) is 126 Å². The fourth-order valence-corrected chi connectivity index (χ4v) is 18.2. The molecular formula is C99H162N6O36P2. The maximum absolute atomic E-state index is 14.5. The second-order valence-electron chi connectivity index (χ2n) is 35.5. The van der Waals surface area contributed by atoms with Gasteiger partial charge >= 0.3 is 15.6 Å². The summed E-state index contributed by atoms with van der Waals surface area (Å²) in [5.41, 5.74) is 0.899. The van der Waals surface area contributed by atoms with E-state index in [0.29, 0.717) is 178 Å². The van der Waals surface area contributed by atoms with Crippen molar-refractivity contribution in [1.82, 2.24) is 30.7 Å². The molecule has 0 aromatic heterocycles. The largest absolute Gasteiger partial charge is 0.497 e. The summed E-state index contributed by atoms with van der Waals surface area (Å²) in [5.74, 6) is -1.17. The van der Waals surface area contributed by atoms with E-state index in [4.69, 9.17) is 65.5 Å². The molecule has 6 amide bonds. The summed E-state index contributed by atoms with van der Waals surface area (Å²) >= 11 is 0. The van der Waals surface area contributed by atoms with Gasteiger partial charge in [0.05, 0.1) is 73.7 Å². The Morgan fingerprint density at radius 2 is 0.587 bits per heavy atom. The first-order valence-electron chi connectivity index (χ1n) is 50.3. The van der Waals surface area contributed by atoms with Gasteiger partial charge in [0.25, 0.3) is 0 Å². The number of amides is 6. The fraction of sp³-hybridized carbons (Fsp3) is 0.727. The molecule has 3 fully saturated rings. The molecule has 3 aliphatic rings. The van der Waals surface area contributed by atoms with Crippen LogP contribution in [0.2, 0.25) is 0 Å². The number of hydrogen-bond donors (Lipinski definition) is 14. The lowest BCUT2D eigenvalue weighted by atomic mass is 9.80. The fourth-order valence-electron chi connectivity index (χ4n) is 16.8. The molecule has 0 bridgehead atoms. The van der Waals surface area contributed by atoms with Gasteiger partial charge in [0.15, 0.2) is 18.9 Å². The number of phosphoric acid groups is 2. The van der Waals surface area contributed by atoms with E-state index in [0.717, 1.165) is 16.7 Å². The highest BCUT2D eigenvalue weighted by atomic mass is 31.2. The molecule has 0 spiro atoms. The summed E-state index contributed by atoms with van der Waals surface area (Å²) in [4.78, 5) is 143. The standard InChI is InChI=1S/C97H156N6O36P2.C2H6/c1-68(107)98-85-91(119)88(116)79(65-104)137-94(85)129-56-28-14-22-36-74(110)33-19-7-10-25-39-82(113)101(50-59-126-4)52-61-133-140(122,123)135-63-54-103(84(115)41-27-12-9-21-35-76(112)38-24-16-30-58-131-96-87(100-70(3)109)93(121)90(118)81(67-106)139-96)55-64-136-141(124,125)134-62-53-102(51-60-132-97(71-31-17-13-18-32-71,72-42-46-77(127-5)47-43-72)73-44-48-78(128-6)49-45-73)83(114)40-26-11-8-20-34-75(111)37-23-15-29-57-130-95-86(99-69(2)108)92(120)89(117)80(66-105)138-95;1-2/h13,17-18,31-32,42-49,79-81,85-96,104-106,116-121H,7-12,14-16,19-30,33-41,50-67H2,1-6H3,(H,98,107)(H,99,108)(H,100,109)(H,122,123)(H,124,125);1-2H3. The molecular weight excluding hydrogens is 1910 g/mol. The Morgan fingerprint density at radius 3 is 0.846 bits per heavy atom. The minimum Gasteiger partial charge on any atom is -0.497 e. The molecule has 6 rings (SSSR count). The number of nitrogens with one attached hydrogen (secondary N) is 3. The van der Waals surface area contributed by atoms with Crippen LogP contribution < -0.4 is 25.4 Å². The zero-order valence-electron chi connectivity index (χ0n) is 84.5. The number of carbonyl (C=O) groups is 9. The van der Waals surface area contributed by atoms with Gasteiger partial charge in [0.1, 0.15) is 108 Å². The van der Waals surface area contributed by atoms with Crippen molar-refractivity contribution < 1.29 is 173 Å². The molecule has 3 aliphatic heterocycles. The molecule has 143 heavy (non-hydrogen) atoms. The number of ketones is 3. The minimum atomic E-state index is -4.99. The number of ether oxygens (including phenoxy) is 10. The Kier molecular flexibility index (Phi) is 62.2. The van der Waals surface area contributed by atoms with Crippen LogP contribution in [0.5, 0.6) is 11.5 Å². The molecule has 3 heterocycles. The van der Waals surface area contributed by atoms with Gasteiger partial charge in [-0.05, 0) is 118 Å². The number of unbranched alkanes of at least 4 members (excludes halogenated alkanes) is 15. The second kappa shape index (κ2) is 70.5. The van der Waals surface area contributed by atoms with Crippen LogP contribution in [0, 0.1) is 0 Å². The Bertz CT molecular complexity index is 4170. The highest BCUT2D eigenvalue weighted by Crippen LogP contribution is 2.45. The summed E-state index contributed by atoms with van der Waals surface area (Å²) in [6, 6.07) is 21.0. The SMILES string of the molecule is CC.COCCN(CCOP(=O)(O)OCCN(CCOP(=O)(O)OCCN(CCOC(c1ccccc1)(c1ccc(OC)cc1)c1ccc(OC)cc1)C(=O)CCCCCCC(=O)CCCCCOC1OC(CO)C(O)C(O)C1NC(C)=O)C(=O)CCCCCCC(=O)CCCCCOC1OC(CO)C(O)C(O)C1NC(C)=O)C(=O)CCCCCCC(=O)CCCCCOC1OC(CO)C(O)C(O)C1NC(C)=O. The van der Waals surface area contributed by atoms with Crippen LogP contribution in [0.15, 0.2) is 78.9 Å². The third kappa shape index (κ3) is 46.5. The van der Waals surface area contributed by atoms with Crippen LogP contribution >= 0.6 is 15.6 Å². The summed E-state index contributed by atoms with van der Waals surface area (Å²) in [6.07, 6.45) is -1.68. The van der Waals surface area contributed by atoms with E-state index in [2.05, 4.69) is 16.0 Å². The minimum absolute atomic E-state index is 0.0264. The van der Waals surface area contributed by atoms with Crippen LogP contribution in [0.25, 0.3) is 0 Å². The number of methoxy groups -OCH3 is 3. The number of carbonyl (C=O) groups excluding carboxylic acids is 9. The zero-order chi connectivity index (χ0) is 105. The van der Waals surface area contributed by atoms with Crippen molar-refractivity contribution in [2.75, 3.05) is 140 Å². The molecule has 17 atom stereocenters. The summed E-state index contributed by atoms with van der Waals surface area (Å²) < 4.78 is 107. The Labute approximate surface area is 840 Å². The molecule has 14 N–H and O–H groups in total. The lowest BCUT2D eigenvalue weighted by Gasteiger charge is -2.42. The van der Waals surface area contributed by atoms with E-state index in [9.17, 15) is 108 Å². The van der Waals surface area contributed by atoms with Crippen molar-refractivity contribution >= 4 is 68.4 Å². The van der Waals surface area contributed by atoms with E-state index in [-0.39, 0.29) is 127 Å². The monoisotopic (exact) mass is 2070 g/mol. The van der Waals surface area contributed by atoms with Crippen molar-refractivity contribution in [1.29, 1.82) is 0 Å². The number of nitrogens with zero attached hydrogens (tertiary/aromatic N) is 3. The van der Waals surface area contributed by atoms with E-state index >= 15 is 0 Å². The smallest absolute Gasteiger partial charge is 0.472 e. The normalized spacial score (nSPS) is 22.0. The summed E-state index contributed by atoms with van der Waals surface area (Å²) in [6.45, 7) is 3.42. The lowest BCUT2D eigenvalue weighted by Crippen LogP contribution is -2.64. The van der Waals surface area contributed by atoms with E-state index < -0.39 is 183 Å². The van der Waals surface area contributed by atoms with Crippen LogP contribution in [-0.4, -0.2) is 355 Å². The van der Waals surface area contributed by atoms with Gasteiger partial charge in [0, 0.05) is 145 Å². The maximum atomic E-state index is 14.5. The second-order valence-corrected chi connectivity index (χ2v) is 38.4. The molecule has 0 radical (unpaired) electrons. The molecule has 44 heteroatoms. The third-order valence-electron chi connectivity index (χ3n) is 24.6. The Morgan fingerprint density at radius 1 is 0.336 bits per heavy atom. The molecule has 3 aromatic rings. The van der Waals surface area contributed by atoms with Crippen molar-refractivity contribution in [3.8, 4) is 11.5 Å². The predicted molar refractivity (Wildman–Crippen MR) is 522 cm³/mol. The number of aliphatic hydroxyl groups excluding tert-OH is 9. The number of hydrogen-bond acceptors (Lipinski definition) is 34. The highest BCUT2D eigenvalue weighted by Gasteiger charge is 2.49. The molecule has 814 valence electrons. The van der Waals surface area contributed by atoms with E-state index in [1.165, 1.54) is 42.6 Å². The van der Waals surface area contributed by atoms with Gasteiger partial charge in [0.2, 0.25) is 35.4 Å². The predicted octanol–water partition coefficient (Wildman–Crippen LogP) is 6.73. The maximum Gasteiger partial charge on any atom is 0.472 e. The summed E-state index contributed by atoms with van der Waals surface area (Å²) in [5, 5.41) is 99.1. The van der Waals surface area contributed by atoms with Crippen molar-refractivity contribution in [2.45, 2.75) is 325 Å². The third-order valence-corrected chi connectivity index (χ3v) is 26.7. The zero-order valence-corrected chi connectivity index (χ0v) is 86.3. The van der Waals surface area contributed by atoms with Crippen LogP contribution in [0.1, 0.15) is 244 Å². The van der Waals surface area contributed by atoms with Gasteiger partial charge in [-0.15, -0.1) is 0 Å². The molecule has 0 saturated carbocycles. The first kappa shape index (κ1) is 126. The van der Waals surface area contributed by atoms with Crippen molar-refractivity contribution in [3.63, 3.8) is 0 Å². The van der Waals surface area contributed by atoms with Crippen molar-refractivity contribution in [3.05, 3.63) is 95.6 Å². The van der Waals surface area contributed by atoms with Crippen LogP contribution in [0.3, 0.4) is 0 Å². The molecule has 3 saturated heterocycles. The number of benzene rings is 3. The average Bonchev–Trinajstić information content (AvgIpc) is 0.750. The number of Topliss-reactive ketones (excluding diaryl/α,β-unsaturated/α-hetero) is 3. The van der Waals surface area contributed by atoms with E-state index in [1.807, 2.05) is 92.7 Å². The average molecular weight is 2070 g/mol. The topological polar surface area (TPSA) is 585 Å². The first-order valence-corrected chi connectivity index (χ1v) is 53.3. The van der Waals surface area contributed by atoms with Gasteiger partial charge < -0.3 is 134 Å². The molecule has 17 unspecified atom stereocenters. The summed E-state index contributed by atoms with van der Waals surface area (Å²) in [7, 11) is -5.30. The van der Waals surface area contributed by atoms with Crippen LogP contribution in [0.4, 0.5) is 0 Å². The molecule has 0 aliphatic carbocycles. The Hall–Kier alpha value is -7.37. The first-order chi connectivity index (χ1) is 68.6. The number of aliphatic hydroxyl groups is 9. The quantitative estimate of drug-likeness (QED) is 0.0158. The Balaban J connectivity index is 0.0000179. The highest BCUT2D eigenvalue weighted by molar-refractivity contribution is 7.47. The van der Waals surface area contributed by atoms with Gasteiger partial charge in [-0.2, -0.15) is 0 Å². The lowest BCUT2D eigenvalue weighted by molar-refractivity contribution is -0.270. The van der Waals surface area contributed by atoms with Gasteiger partial charge in [-0.25, -0.2) is 9.13 Å². The van der Waals surface area contributed by atoms with Crippen LogP contribution in [-0.2, 0) is 114 Å². The number of phosphoric ester groups is 2. The van der Waals surface area contributed by atoms with E-state index in [1.54, 1.807) is 14.2 Å².